The van der Waals surface area contributed by atoms with Gasteiger partial charge >= 0.3 is 0 Å². The molecule has 4 heteroatoms. The molecule has 0 fully saturated rings. The van der Waals surface area contributed by atoms with Crippen molar-refractivity contribution in [1.29, 1.82) is 0 Å². The average molecular weight is 287 g/mol. The van der Waals surface area contributed by atoms with Crippen molar-refractivity contribution in [3.8, 4) is 0 Å². The number of nitrogens with zero attached hydrogens (tertiary/aromatic N) is 1. The highest BCUT2D eigenvalue weighted by Gasteiger charge is 1.95. The Bertz CT molecular complexity index is 174. The van der Waals surface area contributed by atoms with Crippen molar-refractivity contribution in [3.63, 3.8) is 0 Å². The van der Waals surface area contributed by atoms with Crippen LogP contribution in [0.3, 0.4) is 0 Å². The quantitative estimate of drug-likeness (QED) is 0.620. The van der Waals surface area contributed by atoms with Crippen LogP contribution in [0, 0.1) is 3.57 Å². The van der Waals surface area contributed by atoms with Gasteiger partial charge in [-0.1, -0.05) is 15.9 Å². The van der Waals surface area contributed by atoms with Gasteiger partial charge in [-0.05, 0) is 22.6 Å². The van der Waals surface area contributed by atoms with E-state index in [1.807, 2.05) is 0 Å². The first-order chi connectivity index (χ1) is 3.84. The molecule has 2 nitrogen and oxygen atoms in total. The first-order valence-electron chi connectivity index (χ1n) is 2.08. The van der Waals surface area contributed by atoms with Crippen LogP contribution in [0.5, 0.6) is 0 Å². The third kappa shape index (κ3) is 1.22. The number of halogens is 2. The van der Waals surface area contributed by atoms with Crippen LogP contribution in [-0.4, -0.2) is 10.2 Å². The van der Waals surface area contributed by atoms with Gasteiger partial charge in [0.05, 0.1) is 15.5 Å². The van der Waals surface area contributed by atoms with Crippen molar-refractivity contribution in [3.05, 3.63) is 15.5 Å². The van der Waals surface area contributed by atoms with Crippen LogP contribution in [0.25, 0.3) is 0 Å². The summed E-state index contributed by atoms with van der Waals surface area (Å²) in [5.41, 5.74) is 1.14. The van der Waals surface area contributed by atoms with Crippen molar-refractivity contribution >= 4 is 38.5 Å². The Morgan fingerprint density at radius 1 is 1.88 bits per heavy atom. The molecule has 0 radical (unpaired) electrons. The van der Waals surface area contributed by atoms with Gasteiger partial charge in [-0.25, -0.2) is 0 Å². The fourth-order valence-electron chi connectivity index (χ4n) is 0.392. The largest absolute Gasteiger partial charge is 0.281 e. The number of hydrogen-bond donors (Lipinski definition) is 1. The highest BCUT2D eigenvalue weighted by molar-refractivity contribution is 14.1. The Labute approximate surface area is 69.3 Å². The van der Waals surface area contributed by atoms with Crippen LogP contribution in [0.4, 0.5) is 0 Å². The first-order valence-corrected chi connectivity index (χ1v) is 4.28. The lowest BCUT2D eigenvalue weighted by molar-refractivity contribution is 1.04. The predicted octanol–water partition coefficient (Wildman–Crippen LogP) is 1.91. The Morgan fingerprint density at radius 3 is 2.88 bits per heavy atom. The van der Waals surface area contributed by atoms with Gasteiger partial charge < -0.3 is 0 Å². The monoisotopic (exact) mass is 286 g/mol. The molecule has 0 aromatic carbocycles. The predicted molar refractivity (Wildman–Crippen MR) is 43.9 cm³/mol. The fraction of sp³-hybridized carbons (Fsp3) is 0.250. The summed E-state index contributed by atoms with van der Waals surface area (Å²) in [6, 6.07) is 0. The number of hydrogen-bond acceptors (Lipinski definition) is 1. The summed E-state index contributed by atoms with van der Waals surface area (Å²) in [5.74, 6) is 0. The highest BCUT2D eigenvalue weighted by Crippen LogP contribution is 2.10. The minimum absolute atomic E-state index is 0.852. The van der Waals surface area contributed by atoms with Crippen molar-refractivity contribution in [2.75, 3.05) is 0 Å². The first kappa shape index (κ1) is 6.54. The molecule has 8 heavy (non-hydrogen) atoms. The zero-order valence-electron chi connectivity index (χ0n) is 3.99. The van der Waals surface area contributed by atoms with E-state index in [0.29, 0.717) is 0 Å². The SMILES string of the molecule is BrCc1[nH]ncc1I. The average Bonchev–Trinajstić information content (AvgIpc) is 2.14. The molecule has 0 saturated heterocycles. The lowest BCUT2D eigenvalue weighted by Gasteiger charge is -1.83. The van der Waals surface area contributed by atoms with Crippen LogP contribution < -0.4 is 0 Å². The standard InChI is InChI=1S/C4H4BrIN2/c5-1-4-3(6)2-7-8-4/h2H,1H2,(H,7,8). The molecule has 1 aromatic rings. The molecule has 1 N–H and O–H groups in total. The van der Waals surface area contributed by atoms with Gasteiger partial charge in [0.2, 0.25) is 0 Å². The molecule has 0 bridgehead atoms. The summed E-state index contributed by atoms with van der Waals surface area (Å²) >= 11 is 5.54. The number of H-pyrrole nitrogens is 1. The lowest BCUT2D eigenvalue weighted by atomic mass is 10.5. The second kappa shape index (κ2) is 2.82. The molecule has 1 heterocycles. The topological polar surface area (TPSA) is 28.7 Å². The molecule has 0 saturated carbocycles. The highest BCUT2D eigenvalue weighted by atomic mass is 127. The summed E-state index contributed by atoms with van der Waals surface area (Å²) in [4.78, 5) is 0. The minimum atomic E-state index is 0.852. The van der Waals surface area contributed by atoms with Gasteiger partial charge in [-0.15, -0.1) is 0 Å². The van der Waals surface area contributed by atoms with Gasteiger partial charge in [0.1, 0.15) is 0 Å². The third-order valence-corrected chi connectivity index (χ3v) is 2.29. The van der Waals surface area contributed by atoms with Gasteiger partial charge in [0.25, 0.3) is 0 Å². The third-order valence-electron chi connectivity index (χ3n) is 0.799. The number of nitrogens with one attached hydrogen (secondary N) is 1. The minimum Gasteiger partial charge on any atom is -0.281 e. The van der Waals surface area contributed by atoms with E-state index in [0.717, 1.165) is 11.0 Å². The van der Waals surface area contributed by atoms with E-state index in [1.165, 1.54) is 3.57 Å². The van der Waals surface area contributed by atoms with E-state index < -0.39 is 0 Å². The molecule has 0 aliphatic rings. The number of aromatic nitrogens is 2. The van der Waals surface area contributed by atoms with Gasteiger partial charge in [-0.2, -0.15) is 5.10 Å². The van der Waals surface area contributed by atoms with Crippen LogP contribution in [0.1, 0.15) is 5.69 Å². The Morgan fingerprint density at radius 2 is 2.62 bits per heavy atom. The number of alkyl halides is 1. The maximum absolute atomic E-state index is 3.83. The number of rotatable bonds is 1. The van der Waals surface area contributed by atoms with E-state index >= 15 is 0 Å². The van der Waals surface area contributed by atoms with Gasteiger partial charge in [0.15, 0.2) is 0 Å². The van der Waals surface area contributed by atoms with Crippen LogP contribution >= 0.6 is 38.5 Å². The van der Waals surface area contributed by atoms with E-state index in [2.05, 4.69) is 48.7 Å². The lowest BCUT2D eigenvalue weighted by Crippen LogP contribution is -1.77. The van der Waals surface area contributed by atoms with E-state index in [9.17, 15) is 0 Å². The maximum atomic E-state index is 3.83. The molecule has 1 aromatic heterocycles. The molecule has 0 amide bonds. The van der Waals surface area contributed by atoms with Gasteiger partial charge in [0, 0.05) is 5.33 Å². The zero-order valence-corrected chi connectivity index (χ0v) is 7.73. The second-order valence-electron chi connectivity index (χ2n) is 1.33. The Balaban J connectivity index is 2.92. The molecule has 0 spiro atoms. The summed E-state index contributed by atoms with van der Waals surface area (Å²) in [6.45, 7) is 0. The van der Waals surface area contributed by atoms with Crippen LogP contribution in [0.15, 0.2) is 6.20 Å². The molecular weight excluding hydrogens is 283 g/mol. The van der Waals surface area contributed by atoms with Gasteiger partial charge in [-0.3, -0.25) is 5.10 Å². The molecule has 44 valence electrons. The second-order valence-corrected chi connectivity index (χ2v) is 3.05. The Kier molecular flexibility index (Phi) is 2.30. The molecule has 0 unspecified atom stereocenters. The van der Waals surface area contributed by atoms with Crippen LogP contribution in [-0.2, 0) is 5.33 Å². The Hall–Kier alpha value is 0.420. The normalized spacial score (nSPS) is 9.75. The smallest absolute Gasteiger partial charge is 0.0624 e. The summed E-state index contributed by atoms with van der Waals surface area (Å²) < 4.78 is 1.18. The van der Waals surface area contributed by atoms with Crippen molar-refractivity contribution < 1.29 is 0 Å². The molecule has 1 rings (SSSR count). The summed E-state index contributed by atoms with van der Waals surface area (Å²) in [5, 5.41) is 7.53. The van der Waals surface area contributed by atoms with E-state index in [-0.39, 0.29) is 0 Å². The molecule has 0 aliphatic carbocycles. The molecule has 0 aliphatic heterocycles. The molecular formula is C4H4BrIN2. The van der Waals surface area contributed by atoms with Crippen LogP contribution in [0.2, 0.25) is 0 Å². The van der Waals surface area contributed by atoms with E-state index in [4.69, 9.17) is 0 Å². The van der Waals surface area contributed by atoms with E-state index in [1.54, 1.807) is 6.20 Å². The summed E-state index contributed by atoms with van der Waals surface area (Å²) in [6.07, 6.45) is 1.80. The van der Waals surface area contributed by atoms with Crippen molar-refractivity contribution in [1.82, 2.24) is 10.2 Å². The zero-order chi connectivity index (χ0) is 5.98. The van der Waals surface area contributed by atoms with Crippen molar-refractivity contribution in [2.45, 2.75) is 5.33 Å². The number of aromatic amines is 1. The van der Waals surface area contributed by atoms with Crippen molar-refractivity contribution in [2.24, 2.45) is 0 Å². The molecule has 0 atom stereocenters. The fourth-order valence-corrected chi connectivity index (χ4v) is 1.79. The maximum Gasteiger partial charge on any atom is 0.0624 e. The summed E-state index contributed by atoms with van der Waals surface area (Å²) in [7, 11) is 0.